The van der Waals surface area contributed by atoms with Crippen molar-refractivity contribution in [1.29, 1.82) is 0 Å². The Morgan fingerprint density at radius 1 is 1.16 bits per heavy atom. The molecule has 1 saturated heterocycles. The summed E-state index contributed by atoms with van der Waals surface area (Å²) in [6.45, 7) is 0.842. The summed E-state index contributed by atoms with van der Waals surface area (Å²) in [5.41, 5.74) is 0.587. The Labute approximate surface area is 119 Å². The lowest BCUT2D eigenvalue weighted by molar-refractivity contribution is -0.0861. The number of benzene rings is 1. The molecule has 2 N–H and O–H groups in total. The van der Waals surface area contributed by atoms with Gasteiger partial charge >= 0.3 is 0 Å². The van der Waals surface area contributed by atoms with Gasteiger partial charge in [0.2, 0.25) is 0 Å². The largest absolute Gasteiger partial charge is 0.389 e. The van der Waals surface area contributed by atoms with Gasteiger partial charge in [0, 0.05) is 12.0 Å². The fraction of sp³-hybridized carbons (Fsp3) is 0.600. The highest BCUT2D eigenvalue weighted by Crippen LogP contribution is 2.45. The number of rotatable bonds is 1. The Balaban J connectivity index is 0.00000133. The van der Waals surface area contributed by atoms with Crippen LogP contribution in [0.15, 0.2) is 24.3 Å². The van der Waals surface area contributed by atoms with Gasteiger partial charge in [-0.3, -0.25) is 0 Å². The van der Waals surface area contributed by atoms with Crippen LogP contribution < -0.4 is 5.32 Å². The van der Waals surface area contributed by atoms with Gasteiger partial charge in [0.05, 0.1) is 5.60 Å². The first-order chi connectivity index (χ1) is 8.69. The van der Waals surface area contributed by atoms with Gasteiger partial charge in [0.25, 0.3) is 0 Å². The van der Waals surface area contributed by atoms with Crippen molar-refractivity contribution in [2.24, 2.45) is 5.92 Å². The monoisotopic (exact) mass is 285 g/mol. The number of aliphatic hydroxyl groups is 1. The summed E-state index contributed by atoms with van der Waals surface area (Å²) in [6, 6.07) is 6.87. The topological polar surface area (TPSA) is 32.3 Å². The van der Waals surface area contributed by atoms with Crippen molar-refractivity contribution in [1.82, 2.24) is 5.32 Å². The number of halogens is 2. The summed E-state index contributed by atoms with van der Waals surface area (Å²) in [5, 5.41) is 14.3. The van der Waals surface area contributed by atoms with Crippen molar-refractivity contribution >= 4 is 12.4 Å². The van der Waals surface area contributed by atoms with Crippen LogP contribution in [-0.4, -0.2) is 17.3 Å². The molecular weight excluding hydrogens is 265 g/mol. The molecular formula is C15H21ClFNO. The molecule has 106 valence electrons. The number of hydrogen-bond acceptors (Lipinski definition) is 2. The van der Waals surface area contributed by atoms with Crippen molar-refractivity contribution in [3.05, 3.63) is 35.6 Å². The second-order valence-electron chi connectivity index (χ2n) is 5.69. The fourth-order valence-corrected chi connectivity index (χ4v) is 3.64. The van der Waals surface area contributed by atoms with Crippen LogP contribution in [0.4, 0.5) is 4.39 Å². The van der Waals surface area contributed by atoms with Gasteiger partial charge in [-0.1, -0.05) is 25.0 Å². The first kappa shape index (κ1) is 14.8. The molecule has 1 aliphatic carbocycles. The first-order valence-corrected chi connectivity index (χ1v) is 6.90. The normalized spacial score (nSPS) is 34.2. The zero-order valence-corrected chi connectivity index (χ0v) is 11.8. The fourth-order valence-electron chi connectivity index (χ4n) is 3.64. The molecule has 2 aliphatic rings. The molecule has 1 aromatic rings. The van der Waals surface area contributed by atoms with Gasteiger partial charge in [-0.05, 0) is 43.5 Å². The molecule has 3 atom stereocenters. The van der Waals surface area contributed by atoms with Crippen LogP contribution in [0.2, 0.25) is 0 Å². The van der Waals surface area contributed by atoms with Crippen LogP contribution in [0.5, 0.6) is 0 Å². The maximum atomic E-state index is 13.0. The zero-order valence-electron chi connectivity index (χ0n) is 10.9. The highest BCUT2D eigenvalue weighted by Gasteiger charge is 2.45. The van der Waals surface area contributed by atoms with Crippen LogP contribution in [0.1, 0.15) is 43.7 Å². The summed E-state index contributed by atoms with van der Waals surface area (Å²) in [5.74, 6) is 0.0685. The Kier molecular flexibility index (Phi) is 4.49. The van der Waals surface area contributed by atoms with Crippen molar-refractivity contribution < 1.29 is 9.50 Å². The van der Waals surface area contributed by atoms with Crippen molar-refractivity contribution in [2.45, 2.75) is 43.7 Å². The highest BCUT2D eigenvalue weighted by molar-refractivity contribution is 5.85. The van der Waals surface area contributed by atoms with E-state index in [0.717, 1.165) is 37.8 Å². The van der Waals surface area contributed by atoms with E-state index in [0.29, 0.717) is 0 Å². The Morgan fingerprint density at radius 3 is 2.63 bits per heavy atom. The average molecular weight is 286 g/mol. The SMILES string of the molecule is Cl.OC12CCCCC1C(c1ccc(F)cc1)NCC2. The molecule has 4 heteroatoms. The zero-order chi connectivity index (χ0) is 12.6. The van der Waals surface area contributed by atoms with Gasteiger partial charge in [-0.15, -0.1) is 12.4 Å². The number of nitrogens with one attached hydrogen (secondary N) is 1. The number of hydrogen-bond donors (Lipinski definition) is 2. The highest BCUT2D eigenvalue weighted by atomic mass is 35.5. The lowest BCUT2D eigenvalue weighted by Crippen LogP contribution is -2.53. The van der Waals surface area contributed by atoms with Crippen molar-refractivity contribution in [3.63, 3.8) is 0 Å². The second-order valence-corrected chi connectivity index (χ2v) is 5.69. The third-order valence-electron chi connectivity index (χ3n) is 4.62. The Hall–Kier alpha value is -0.640. The smallest absolute Gasteiger partial charge is 0.123 e. The molecule has 0 spiro atoms. The Morgan fingerprint density at radius 2 is 1.89 bits per heavy atom. The van der Waals surface area contributed by atoms with Crippen molar-refractivity contribution in [3.8, 4) is 0 Å². The third kappa shape index (κ3) is 2.78. The molecule has 3 unspecified atom stereocenters. The predicted octanol–water partition coefficient (Wildman–Crippen LogP) is 3.20. The summed E-state index contributed by atoms with van der Waals surface area (Å²) >= 11 is 0. The minimum absolute atomic E-state index is 0. The maximum Gasteiger partial charge on any atom is 0.123 e. The first-order valence-electron chi connectivity index (χ1n) is 6.90. The summed E-state index contributed by atoms with van der Waals surface area (Å²) in [4.78, 5) is 0. The lowest BCUT2D eigenvalue weighted by atomic mass is 9.67. The van der Waals surface area contributed by atoms with E-state index in [1.165, 1.54) is 18.6 Å². The molecule has 1 heterocycles. The third-order valence-corrected chi connectivity index (χ3v) is 4.62. The number of piperidine rings is 1. The summed E-state index contributed by atoms with van der Waals surface area (Å²) in [7, 11) is 0. The molecule has 0 bridgehead atoms. The molecule has 0 radical (unpaired) electrons. The quantitative estimate of drug-likeness (QED) is 0.830. The molecule has 0 aromatic heterocycles. The molecule has 1 aliphatic heterocycles. The number of fused-ring (bicyclic) bond motifs is 1. The van der Waals surface area contributed by atoms with E-state index in [9.17, 15) is 9.50 Å². The minimum Gasteiger partial charge on any atom is -0.389 e. The van der Waals surface area contributed by atoms with Crippen LogP contribution in [-0.2, 0) is 0 Å². The molecule has 3 rings (SSSR count). The van der Waals surface area contributed by atoms with Crippen LogP contribution in [0.25, 0.3) is 0 Å². The average Bonchev–Trinajstić information content (AvgIpc) is 2.38. The molecule has 0 amide bonds. The van der Waals surface area contributed by atoms with Gasteiger partial charge < -0.3 is 10.4 Å². The van der Waals surface area contributed by atoms with Gasteiger partial charge in [-0.25, -0.2) is 4.39 Å². The molecule has 2 fully saturated rings. The van der Waals surface area contributed by atoms with E-state index < -0.39 is 5.60 Å². The van der Waals surface area contributed by atoms with E-state index in [1.54, 1.807) is 0 Å². The standard InChI is InChI=1S/C15H20FNO.ClH/c16-12-6-4-11(5-7-12)14-13-3-1-2-8-15(13,18)9-10-17-14;/h4-7,13-14,17-18H,1-3,8-10H2;1H. The van der Waals surface area contributed by atoms with Crippen LogP contribution >= 0.6 is 12.4 Å². The van der Waals surface area contributed by atoms with Gasteiger partial charge in [0.15, 0.2) is 0 Å². The van der Waals surface area contributed by atoms with E-state index in [1.807, 2.05) is 12.1 Å². The minimum atomic E-state index is -0.511. The van der Waals surface area contributed by atoms with Gasteiger partial charge in [0.1, 0.15) is 5.82 Å². The van der Waals surface area contributed by atoms with E-state index in [-0.39, 0.29) is 30.2 Å². The summed E-state index contributed by atoms with van der Waals surface area (Å²) < 4.78 is 13.0. The molecule has 2 nitrogen and oxygen atoms in total. The maximum absolute atomic E-state index is 13.0. The van der Waals surface area contributed by atoms with Gasteiger partial charge in [-0.2, -0.15) is 0 Å². The second kappa shape index (κ2) is 5.78. The predicted molar refractivity (Wildman–Crippen MR) is 75.9 cm³/mol. The summed E-state index contributed by atoms with van der Waals surface area (Å²) in [6.07, 6.45) is 5.13. The molecule has 1 saturated carbocycles. The lowest BCUT2D eigenvalue weighted by Gasteiger charge is -2.48. The molecule has 19 heavy (non-hydrogen) atoms. The molecule has 1 aromatic carbocycles. The Bertz CT molecular complexity index is 421. The van der Waals surface area contributed by atoms with E-state index in [4.69, 9.17) is 0 Å². The van der Waals surface area contributed by atoms with Crippen molar-refractivity contribution in [2.75, 3.05) is 6.54 Å². The van der Waals surface area contributed by atoms with Crippen LogP contribution in [0.3, 0.4) is 0 Å². The van der Waals surface area contributed by atoms with E-state index in [2.05, 4.69) is 5.32 Å². The van der Waals surface area contributed by atoms with Crippen LogP contribution in [0, 0.1) is 11.7 Å². The van der Waals surface area contributed by atoms with E-state index >= 15 is 0 Å².